The van der Waals surface area contributed by atoms with Gasteiger partial charge in [-0.05, 0) is 30.7 Å². The molecular formula is C15H14Cl2N2O. The molecule has 2 aromatic rings. The summed E-state index contributed by atoms with van der Waals surface area (Å²) in [6.45, 7) is 2.26. The summed E-state index contributed by atoms with van der Waals surface area (Å²) in [6, 6.07) is 11.5. The molecule has 1 aromatic carbocycles. The summed E-state index contributed by atoms with van der Waals surface area (Å²) in [7, 11) is 0. The number of benzene rings is 1. The maximum absolute atomic E-state index is 6.20. The van der Waals surface area contributed by atoms with Crippen LogP contribution in [0.3, 0.4) is 0 Å². The highest BCUT2D eigenvalue weighted by atomic mass is 35.5. The van der Waals surface area contributed by atoms with Crippen molar-refractivity contribution in [1.82, 2.24) is 4.98 Å². The van der Waals surface area contributed by atoms with Crippen molar-refractivity contribution in [2.45, 2.75) is 13.0 Å². The Kier molecular flexibility index (Phi) is 3.99. The Bertz CT molecular complexity index is 619. The molecule has 1 aliphatic heterocycles. The number of ether oxygens (including phenoxy) is 1. The number of hydrogen-bond acceptors (Lipinski definition) is 3. The molecule has 0 bridgehead atoms. The molecule has 3 nitrogen and oxygen atoms in total. The summed E-state index contributed by atoms with van der Waals surface area (Å²) < 4.78 is 5.75. The maximum Gasteiger partial charge on any atom is 0.142 e. The summed E-state index contributed by atoms with van der Waals surface area (Å²) in [5.74, 6) is 0.906. The van der Waals surface area contributed by atoms with Crippen LogP contribution in [-0.2, 0) is 6.54 Å². The smallest absolute Gasteiger partial charge is 0.142 e. The first-order valence-corrected chi connectivity index (χ1v) is 7.27. The number of para-hydroxylation sites is 2. The van der Waals surface area contributed by atoms with E-state index in [4.69, 9.17) is 27.9 Å². The van der Waals surface area contributed by atoms with Gasteiger partial charge in [-0.3, -0.25) is 0 Å². The predicted molar refractivity (Wildman–Crippen MR) is 81.9 cm³/mol. The molecule has 1 aromatic heterocycles. The molecule has 0 fully saturated rings. The lowest BCUT2D eigenvalue weighted by Gasteiger charge is -2.23. The Morgan fingerprint density at radius 3 is 2.90 bits per heavy atom. The second kappa shape index (κ2) is 5.90. The van der Waals surface area contributed by atoms with Crippen molar-refractivity contribution in [3.8, 4) is 5.75 Å². The van der Waals surface area contributed by atoms with Gasteiger partial charge in [-0.2, -0.15) is 0 Å². The Balaban J connectivity index is 1.92. The Hall–Kier alpha value is -1.45. The van der Waals surface area contributed by atoms with E-state index in [9.17, 15) is 0 Å². The molecule has 3 rings (SSSR count). The SMILES string of the molecule is Clc1ccc(Cl)c(CN2CCCOc3ccccc32)n1. The lowest BCUT2D eigenvalue weighted by molar-refractivity contribution is 0.322. The number of fused-ring (bicyclic) bond motifs is 1. The molecule has 0 spiro atoms. The molecule has 0 saturated heterocycles. The molecule has 0 unspecified atom stereocenters. The molecule has 0 amide bonds. The fourth-order valence-electron chi connectivity index (χ4n) is 2.31. The summed E-state index contributed by atoms with van der Waals surface area (Å²) in [6.07, 6.45) is 0.965. The maximum atomic E-state index is 6.20. The van der Waals surface area contributed by atoms with E-state index in [-0.39, 0.29) is 0 Å². The molecular weight excluding hydrogens is 295 g/mol. The lowest BCUT2D eigenvalue weighted by atomic mass is 10.2. The van der Waals surface area contributed by atoms with Gasteiger partial charge < -0.3 is 9.64 Å². The van der Waals surface area contributed by atoms with E-state index < -0.39 is 0 Å². The zero-order chi connectivity index (χ0) is 13.9. The van der Waals surface area contributed by atoms with E-state index in [1.807, 2.05) is 18.2 Å². The number of rotatable bonds is 2. The summed E-state index contributed by atoms with van der Waals surface area (Å²) >= 11 is 12.2. The van der Waals surface area contributed by atoms with Crippen molar-refractivity contribution in [3.63, 3.8) is 0 Å². The highest BCUT2D eigenvalue weighted by molar-refractivity contribution is 6.32. The molecule has 0 radical (unpaired) electrons. The monoisotopic (exact) mass is 308 g/mol. The Morgan fingerprint density at radius 1 is 1.15 bits per heavy atom. The van der Waals surface area contributed by atoms with Crippen molar-refractivity contribution in [2.24, 2.45) is 0 Å². The second-order valence-corrected chi connectivity index (χ2v) is 5.45. The predicted octanol–water partition coefficient (Wildman–Crippen LogP) is 4.18. The first-order chi connectivity index (χ1) is 9.74. The third kappa shape index (κ3) is 2.84. The molecule has 20 heavy (non-hydrogen) atoms. The minimum Gasteiger partial charge on any atom is -0.491 e. The van der Waals surface area contributed by atoms with E-state index in [2.05, 4.69) is 16.0 Å². The van der Waals surface area contributed by atoms with Gasteiger partial charge in [0.05, 0.1) is 29.6 Å². The molecule has 0 atom stereocenters. The van der Waals surface area contributed by atoms with Gasteiger partial charge in [0, 0.05) is 6.54 Å². The third-order valence-electron chi connectivity index (χ3n) is 3.26. The van der Waals surface area contributed by atoms with Crippen molar-refractivity contribution in [3.05, 3.63) is 52.3 Å². The van der Waals surface area contributed by atoms with E-state index in [0.29, 0.717) is 16.7 Å². The van der Waals surface area contributed by atoms with Crippen molar-refractivity contribution < 1.29 is 4.74 Å². The van der Waals surface area contributed by atoms with Gasteiger partial charge in [0.1, 0.15) is 10.9 Å². The van der Waals surface area contributed by atoms with E-state index in [1.54, 1.807) is 12.1 Å². The topological polar surface area (TPSA) is 25.4 Å². The number of halogens is 2. The van der Waals surface area contributed by atoms with Gasteiger partial charge in [0.15, 0.2) is 0 Å². The van der Waals surface area contributed by atoms with Crippen LogP contribution in [0, 0.1) is 0 Å². The van der Waals surface area contributed by atoms with Gasteiger partial charge in [0.2, 0.25) is 0 Å². The average Bonchev–Trinajstić information content (AvgIpc) is 2.66. The van der Waals surface area contributed by atoms with E-state index in [1.165, 1.54) is 0 Å². The number of nitrogens with zero attached hydrogens (tertiary/aromatic N) is 2. The van der Waals surface area contributed by atoms with Crippen LogP contribution < -0.4 is 9.64 Å². The minimum atomic E-state index is 0.462. The third-order valence-corrected chi connectivity index (χ3v) is 3.82. The highest BCUT2D eigenvalue weighted by Gasteiger charge is 2.17. The molecule has 104 valence electrons. The normalized spacial score (nSPS) is 14.4. The first kappa shape index (κ1) is 13.5. The number of anilines is 1. The van der Waals surface area contributed by atoms with Crippen LogP contribution in [0.4, 0.5) is 5.69 Å². The van der Waals surface area contributed by atoms with E-state index in [0.717, 1.165) is 36.7 Å². The standard InChI is InChI=1S/C15H14Cl2N2O/c16-11-6-7-15(17)18-12(11)10-19-8-3-9-20-14-5-2-1-4-13(14)19/h1-2,4-7H,3,8-10H2. The largest absolute Gasteiger partial charge is 0.491 e. The Morgan fingerprint density at radius 2 is 2.00 bits per heavy atom. The summed E-state index contributed by atoms with van der Waals surface area (Å²) in [5, 5.41) is 1.10. The summed E-state index contributed by atoms with van der Waals surface area (Å²) in [4.78, 5) is 6.55. The van der Waals surface area contributed by atoms with Gasteiger partial charge in [-0.1, -0.05) is 35.3 Å². The van der Waals surface area contributed by atoms with Gasteiger partial charge >= 0.3 is 0 Å². The van der Waals surface area contributed by atoms with E-state index >= 15 is 0 Å². The second-order valence-electron chi connectivity index (χ2n) is 4.65. The van der Waals surface area contributed by atoms with Crippen LogP contribution in [0.25, 0.3) is 0 Å². The Labute approximate surface area is 128 Å². The molecule has 1 aliphatic rings. The minimum absolute atomic E-state index is 0.462. The molecule has 0 saturated carbocycles. The van der Waals surface area contributed by atoms with Crippen LogP contribution >= 0.6 is 23.2 Å². The summed E-state index contributed by atoms with van der Waals surface area (Å²) in [5.41, 5.74) is 1.86. The molecule has 0 aliphatic carbocycles. The van der Waals surface area contributed by atoms with Crippen LogP contribution in [0.1, 0.15) is 12.1 Å². The first-order valence-electron chi connectivity index (χ1n) is 6.52. The van der Waals surface area contributed by atoms with Crippen LogP contribution in [0.15, 0.2) is 36.4 Å². The van der Waals surface area contributed by atoms with Crippen molar-refractivity contribution in [1.29, 1.82) is 0 Å². The van der Waals surface area contributed by atoms with Crippen LogP contribution in [0.5, 0.6) is 5.75 Å². The molecule has 2 heterocycles. The molecule has 0 N–H and O–H groups in total. The molecule has 5 heteroatoms. The van der Waals surface area contributed by atoms with Gasteiger partial charge in [0.25, 0.3) is 0 Å². The fourth-order valence-corrected chi connectivity index (χ4v) is 2.64. The number of hydrogen-bond donors (Lipinski definition) is 0. The van der Waals surface area contributed by atoms with Gasteiger partial charge in [-0.25, -0.2) is 4.98 Å². The number of aromatic nitrogens is 1. The van der Waals surface area contributed by atoms with Crippen LogP contribution in [0.2, 0.25) is 10.2 Å². The number of pyridine rings is 1. The average molecular weight is 309 g/mol. The highest BCUT2D eigenvalue weighted by Crippen LogP contribution is 2.32. The lowest BCUT2D eigenvalue weighted by Crippen LogP contribution is -2.24. The fraction of sp³-hybridized carbons (Fsp3) is 0.267. The zero-order valence-electron chi connectivity index (χ0n) is 10.9. The van der Waals surface area contributed by atoms with Crippen molar-refractivity contribution >= 4 is 28.9 Å². The van der Waals surface area contributed by atoms with Crippen molar-refractivity contribution in [2.75, 3.05) is 18.1 Å². The quantitative estimate of drug-likeness (QED) is 0.778. The zero-order valence-corrected chi connectivity index (χ0v) is 12.4. The van der Waals surface area contributed by atoms with Crippen LogP contribution in [-0.4, -0.2) is 18.1 Å². The van der Waals surface area contributed by atoms with Gasteiger partial charge in [-0.15, -0.1) is 0 Å².